The molecule has 1 saturated carbocycles. The number of amides is 3. The van der Waals surface area contributed by atoms with Crippen molar-refractivity contribution in [2.75, 3.05) is 17.7 Å². The lowest BCUT2D eigenvalue weighted by Gasteiger charge is -2.29. The van der Waals surface area contributed by atoms with Crippen LogP contribution in [-0.4, -0.2) is 57.7 Å². The second-order valence-corrected chi connectivity index (χ2v) is 12.1. The van der Waals surface area contributed by atoms with Crippen LogP contribution < -0.4 is 10.2 Å². The molecule has 2 aromatic carbocycles. The molecule has 214 valence electrons. The van der Waals surface area contributed by atoms with E-state index in [-0.39, 0.29) is 23.8 Å². The first-order valence-electron chi connectivity index (χ1n) is 13.6. The van der Waals surface area contributed by atoms with E-state index >= 15 is 0 Å². The van der Waals surface area contributed by atoms with Crippen LogP contribution in [0.25, 0.3) is 11.3 Å². The van der Waals surface area contributed by atoms with E-state index in [1.165, 1.54) is 32.9 Å². The number of benzene rings is 2. The minimum atomic E-state index is -0.738. The second kappa shape index (κ2) is 12.3. The molecule has 9 nitrogen and oxygen atoms in total. The van der Waals surface area contributed by atoms with Gasteiger partial charge in [-0.3, -0.25) is 24.4 Å². The molecule has 1 N–H and O–H groups in total. The van der Waals surface area contributed by atoms with Gasteiger partial charge in [0.15, 0.2) is 5.13 Å². The van der Waals surface area contributed by atoms with Gasteiger partial charge in [-0.15, -0.1) is 23.1 Å². The number of nitrogens with one attached hydrogen (secondary N) is 1. The van der Waals surface area contributed by atoms with Crippen LogP contribution in [0.15, 0.2) is 84.5 Å². The minimum absolute atomic E-state index is 0.0697. The highest BCUT2D eigenvalue weighted by Crippen LogP contribution is 2.42. The van der Waals surface area contributed by atoms with Gasteiger partial charge in [-0.1, -0.05) is 42.5 Å². The molecule has 2 aliphatic rings. The van der Waals surface area contributed by atoms with Crippen molar-refractivity contribution < 1.29 is 19.1 Å². The van der Waals surface area contributed by atoms with Gasteiger partial charge < -0.3 is 10.1 Å². The topological polar surface area (TPSA) is 105 Å². The number of thiazole rings is 1. The second-order valence-electron chi connectivity index (χ2n) is 10.2. The van der Waals surface area contributed by atoms with E-state index in [2.05, 4.69) is 10.3 Å². The highest BCUT2D eigenvalue weighted by molar-refractivity contribution is 7.99. The SMILES string of the molecule is CN(C(=O)C1CSC(c2ccncc2)N1C(=O)OCc1ccccc1)c1nc(-c2ccc(C(=O)NC3CC3)cc2)cs1. The Balaban J connectivity index is 1.18. The number of ether oxygens (including phenoxy) is 1. The van der Waals surface area contributed by atoms with E-state index in [0.717, 1.165) is 29.5 Å². The molecule has 4 aromatic rings. The van der Waals surface area contributed by atoms with Crippen molar-refractivity contribution in [1.82, 2.24) is 20.2 Å². The molecule has 6 rings (SSSR count). The molecule has 0 radical (unpaired) electrons. The van der Waals surface area contributed by atoms with Crippen LogP contribution in [0.4, 0.5) is 9.93 Å². The van der Waals surface area contributed by atoms with E-state index in [1.807, 2.05) is 60.0 Å². The third-order valence-corrected chi connectivity index (χ3v) is 9.40. The lowest BCUT2D eigenvalue weighted by Crippen LogP contribution is -2.48. The molecular formula is C31H29N5O4S2. The molecule has 3 heterocycles. The monoisotopic (exact) mass is 599 g/mol. The number of carbonyl (C=O) groups is 3. The Hall–Kier alpha value is -4.22. The van der Waals surface area contributed by atoms with Gasteiger partial charge in [0.1, 0.15) is 18.0 Å². The van der Waals surface area contributed by atoms with Crippen molar-refractivity contribution in [3.63, 3.8) is 0 Å². The van der Waals surface area contributed by atoms with Crippen LogP contribution in [0.3, 0.4) is 0 Å². The van der Waals surface area contributed by atoms with Crippen molar-refractivity contribution in [2.24, 2.45) is 0 Å². The molecule has 0 spiro atoms. The highest BCUT2D eigenvalue weighted by Gasteiger charge is 2.45. The Morgan fingerprint density at radius 2 is 1.76 bits per heavy atom. The van der Waals surface area contributed by atoms with Gasteiger partial charge in [0, 0.05) is 47.7 Å². The summed E-state index contributed by atoms with van der Waals surface area (Å²) in [5.41, 5.74) is 3.90. The van der Waals surface area contributed by atoms with Crippen LogP contribution >= 0.6 is 23.1 Å². The molecule has 1 saturated heterocycles. The van der Waals surface area contributed by atoms with Crippen molar-refractivity contribution in [3.8, 4) is 11.3 Å². The van der Waals surface area contributed by atoms with E-state index in [4.69, 9.17) is 9.72 Å². The fraction of sp³-hybridized carbons (Fsp3) is 0.258. The summed E-state index contributed by atoms with van der Waals surface area (Å²) in [6.45, 7) is 0.109. The molecule has 1 aliphatic heterocycles. The summed E-state index contributed by atoms with van der Waals surface area (Å²) in [4.78, 5) is 51.5. The first kappa shape index (κ1) is 27.9. The summed E-state index contributed by atoms with van der Waals surface area (Å²) in [6.07, 6.45) is 4.87. The zero-order chi connectivity index (χ0) is 29.1. The zero-order valence-corrected chi connectivity index (χ0v) is 24.5. The van der Waals surface area contributed by atoms with E-state index in [0.29, 0.717) is 28.2 Å². The maximum absolute atomic E-state index is 13.8. The van der Waals surface area contributed by atoms with Crippen molar-refractivity contribution in [3.05, 3.63) is 101 Å². The summed E-state index contributed by atoms with van der Waals surface area (Å²) in [5, 5.41) is 5.00. The predicted molar refractivity (Wildman–Crippen MR) is 163 cm³/mol. The molecule has 3 amide bonds. The Bertz CT molecular complexity index is 1560. The number of likely N-dealkylation sites (N-methyl/N-ethyl adjacent to an activating group) is 1. The highest BCUT2D eigenvalue weighted by atomic mass is 32.2. The van der Waals surface area contributed by atoms with Crippen LogP contribution in [0.5, 0.6) is 0 Å². The number of thioether (sulfide) groups is 1. The molecule has 2 fully saturated rings. The molecule has 42 heavy (non-hydrogen) atoms. The molecule has 2 aromatic heterocycles. The Labute approximate surface area is 251 Å². The lowest BCUT2D eigenvalue weighted by molar-refractivity contribution is -0.122. The van der Waals surface area contributed by atoms with Crippen LogP contribution in [0.1, 0.15) is 39.7 Å². The van der Waals surface area contributed by atoms with Crippen LogP contribution in [0.2, 0.25) is 0 Å². The van der Waals surface area contributed by atoms with Crippen LogP contribution in [0, 0.1) is 0 Å². The summed E-state index contributed by atoms with van der Waals surface area (Å²) in [5.74, 6) is 0.0996. The Morgan fingerprint density at radius 3 is 2.48 bits per heavy atom. The average molecular weight is 600 g/mol. The average Bonchev–Trinajstić information content (AvgIpc) is 3.52. The number of hydrogen-bond donors (Lipinski definition) is 1. The third-order valence-electron chi connectivity index (χ3n) is 7.16. The maximum atomic E-state index is 13.8. The summed E-state index contributed by atoms with van der Waals surface area (Å²) in [7, 11) is 1.67. The molecule has 11 heteroatoms. The van der Waals surface area contributed by atoms with Gasteiger partial charge in [0.05, 0.1) is 5.69 Å². The first-order chi connectivity index (χ1) is 20.5. The zero-order valence-electron chi connectivity index (χ0n) is 22.9. The number of anilines is 1. The molecule has 1 aliphatic carbocycles. The molecule has 2 atom stereocenters. The number of hydrogen-bond acceptors (Lipinski definition) is 8. The van der Waals surface area contributed by atoms with Crippen molar-refractivity contribution in [2.45, 2.75) is 36.9 Å². The van der Waals surface area contributed by atoms with Crippen molar-refractivity contribution >= 4 is 46.1 Å². The fourth-order valence-corrected chi connectivity index (χ4v) is 6.87. The quantitative estimate of drug-likeness (QED) is 0.285. The number of aromatic nitrogens is 2. The summed E-state index contributed by atoms with van der Waals surface area (Å²) in [6, 6.07) is 20.0. The number of nitrogens with zero attached hydrogens (tertiary/aromatic N) is 4. The van der Waals surface area contributed by atoms with Gasteiger partial charge in [-0.25, -0.2) is 9.78 Å². The predicted octanol–water partition coefficient (Wildman–Crippen LogP) is 5.51. The molecule has 2 unspecified atom stereocenters. The molecule has 0 bridgehead atoms. The van der Waals surface area contributed by atoms with Crippen molar-refractivity contribution in [1.29, 1.82) is 0 Å². The summed E-state index contributed by atoms with van der Waals surface area (Å²) >= 11 is 2.86. The van der Waals surface area contributed by atoms with Gasteiger partial charge in [-0.2, -0.15) is 0 Å². The fourth-order valence-electron chi connectivity index (χ4n) is 4.66. The first-order valence-corrected chi connectivity index (χ1v) is 15.6. The normalized spacial score (nSPS) is 18.0. The van der Waals surface area contributed by atoms with Gasteiger partial charge >= 0.3 is 6.09 Å². The van der Waals surface area contributed by atoms with Gasteiger partial charge in [0.2, 0.25) is 0 Å². The number of pyridine rings is 1. The lowest BCUT2D eigenvalue weighted by atomic mass is 10.1. The number of carbonyl (C=O) groups excluding carboxylic acids is 3. The standard InChI is InChI=1S/C31H29N5O4S2/c1-35(30-34-25(18-42-30)21-7-9-22(10-8-21)27(37)33-24-11-12-24)28(38)26-19-41-29(23-13-15-32-16-14-23)36(26)31(39)40-17-20-5-3-2-4-6-20/h2-10,13-16,18,24,26,29H,11-12,17,19H2,1H3,(H,33,37). The molecular weight excluding hydrogens is 571 g/mol. The Kier molecular flexibility index (Phi) is 8.20. The Morgan fingerprint density at radius 1 is 1.02 bits per heavy atom. The summed E-state index contributed by atoms with van der Waals surface area (Å²) < 4.78 is 5.69. The van der Waals surface area contributed by atoms with Gasteiger partial charge in [0.25, 0.3) is 11.8 Å². The van der Waals surface area contributed by atoms with Crippen LogP contribution in [-0.2, 0) is 16.1 Å². The van der Waals surface area contributed by atoms with E-state index in [9.17, 15) is 14.4 Å². The maximum Gasteiger partial charge on any atom is 0.412 e. The smallest absolute Gasteiger partial charge is 0.412 e. The third kappa shape index (κ3) is 6.17. The van der Waals surface area contributed by atoms with E-state index in [1.54, 1.807) is 31.6 Å². The minimum Gasteiger partial charge on any atom is -0.444 e. The van der Waals surface area contributed by atoms with E-state index < -0.39 is 12.1 Å². The number of rotatable bonds is 8. The largest absolute Gasteiger partial charge is 0.444 e. The van der Waals surface area contributed by atoms with Gasteiger partial charge in [-0.05, 0) is 48.2 Å².